The largest absolute Gasteiger partial charge is 0.381 e. The molecule has 0 saturated carbocycles. The molecule has 0 radical (unpaired) electrons. The molecule has 2 aromatic rings. The number of anilines is 1. The van der Waals surface area contributed by atoms with Crippen molar-refractivity contribution in [3.8, 4) is 0 Å². The average molecular weight is 351 g/mol. The number of rotatable bonds is 4. The minimum atomic E-state index is -0.178. The van der Waals surface area contributed by atoms with E-state index in [1.54, 1.807) is 7.11 Å². The first-order chi connectivity index (χ1) is 12.8. The van der Waals surface area contributed by atoms with Crippen molar-refractivity contribution in [3.63, 3.8) is 0 Å². The summed E-state index contributed by atoms with van der Waals surface area (Å²) in [5.74, 6) is 1.01. The first-order valence-corrected chi connectivity index (χ1v) is 9.14. The Labute approximate surface area is 154 Å². The molecular formula is C21H25N3O2. The van der Waals surface area contributed by atoms with E-state index in [0.717, 1.165) is 49.8 Å². The van der Waals surface area contributed by atoms with Crippen LogP contribution in [0.5, 0.6) is 0 Å². The Bertz CT molecular complexity index is 797. The van der Waals surface area contributed by atoms with Gasteiger partial charge < -0.3 is 20.1 Å². The van der Waals surface area contributed by atoms with Crippen LogP contribution in [-0.4, -0.2) is 31.7 Å². The molecule has 2 aliphatic heterocycles. The lowest BCUT2D eigenvalue weighted by atomic mass is 9.86. The number of nitrogens with one attached hydrogen (secondary N) is 2. The summed E-state index contributed by atoms with van der Waals surface area (Å²) >= 11 is 0. The summed E-state index contributed by atoms with van der Waals surface area (Å²) in [6.45, 7) is 2.83. The summed E-state index contributed by atoms with van der Waals surface area (Å²) in [7, 11) is 1.73. The summed E-state index contributed by atoms with van der Waals surface area (Å²) in [5.41, 5.74) is 4.34. The van der Waals surface area contributed by atoms with E-state index in [0.29, 0.717) is 6.61 Å². The van der Waals surface area contributed by atoms with Crippen molar-refractivity contribution in [2.45, 2.75) is 31.5 Å². The van der Waals surface area contributed by atoms with Crippen LogP contribution in [-0.2, 0) is 22.6 Å². The Hall–Kier alpha value is -2.37. The van der Waals surface area contributed by atoms with Crippen molar-refractivity contribution < 1.29 is 9.47 Å². The molecule has 5 heteroatoms. The van der Waals surface area contributed by atoms with E-state index in [-0.39, 0.29) is 5.54 Å². The fourth-order valence-corrected chi connectivity index (χ4v) is 3.72. The minimum absolute atomic E-state index is 0.178. The lowest BCUT2D eigenvalue weighted by molar-refractivity contribution is 0.0771. The van der Waals surface area contributed by atoms with Gasteiger partial charge in [-0.15, -0.1) is 0 Å². The molecule has 136 valence electrons. The van der Waals surface area contributed by atoms with Crippen LogP contribution in [0.25, 0.3) is 0 Å². The van der Waals surface area contributed by atoms with E-state index < -0.39 is 0 Å². The Morgan fingerprint density at radius 1 is 1.08 bits per heavy atom. The Morgan fingerprint density at radius 2 is 1.81 bits per heavy atom. The number of ether oxygens (including phenoxy) is 2. The molecule has 2 aliphatic rings. The fraction of sp³-hybridized carbons (Fsp3) is 0.381. The molecule has 0 aromatic heterocycles. The topological polar surface area (TPSA) is 54.9 Å². The normalized spacial score (nSPS) is 18.0. The lowest BCUT2D eigenvalue weighted by Crippen LogP contribution is -2.56. The number of benzene rings is 2. The molecule has 2 heterocycles. The molecule has 0 bridgehead atoms. The van der Waals surface area contributed by atoms with Crippen LogP contribution in [0.15, 0.2) is 53.5 Å². The van der Waals surface area contributed by atoms with E-state index in [1.807, 2.05) is 18.2 Å². The molecule has 2 aromatic carbocycles. The highest BCUT2D eigenvalue weighted by Crippen LogP contribution is 2.37. The van der Waals surface area contributed by atoms with Crippen LogP contribution < -0.4 is 10.6 Å². The molecule has 0 atom stereocenters. The quantitative estimate of drug-likeness (QED) is 0.883. The van der Waals surface area contributed by atoms with Crippen molar-refractivity contribution in [3.05, 3.63) is 59.7 Å². The number of amidine groups is 1. The van der Waals surface area contributed by atoms with Gasteiger partial charge in [-0.2, -0.15) is 0 Å². The highest BCUT2D eigenvalue weighted by molar-refractivity contribution is 6.00. The molecule has 0 aliphatic carbocycles. The third-order valence-electron chi connectivity index (χ3n) is 5.17. The zero-order valence-corrected chi connectivity index (χ0v) is 15.1. The molecule has 2 N–H and O–H groups in total. The zero-order chi connectivity index (χ0) is 17.8. The smallest absolute Gasteiger partial charge is 0.129 e. The summed E-state index contributed by atoms with van der Waals surface area (Å²) < 4.78 is 10.9. The first kappa shape index (κ1) is 17.1. The zero-order valence-electron chi connectivity index (χ0n) is 15.1. The number of nitrogens with zero attached hydrogens (tertiary/aromatic N) is 1. The second-order valence-corrected chi connectivity index (χ2v) is 6.85. The van der Waals surface area contributed by atoms with Crippen LogP contribution in [0.3, 0.4) is 0 Å². The third kappa shape index (κ3) is 3.32. The monoisotopic (exact) mass is 351 g/mol. The number of methoxy groups -OCH3 is 1. The third-order valence-corrected chi connectivity index (χ3v) is 5.17. The maximum absolute atomic E-state index is 5.61. The van der Waals surface area contributed by atoms with Crippen LogP contribution in [0, 0.1) is 0 Å². The van der Waals surface area contributed by atoms with E-state index in [1.165, 1.54) is 11.1 Å². The fourth-order valence-electron chi connectivity index (χ4n) is 3.72. The standard InChI is InChI=1S/C21H25N3O2/c1-25-15-17-7-3-2-6-16(17)14-22-20-21(10-12-26-13-11-21)24-19-9-5-4-8-18(19)23-20/h2-9,24H,10-15H2,1H3,(H,22,23). The van der Waals surface area contributed by atoms with Crippen molar-refractivity contribution in [1.29, 1.82) is 0 Å². The van der Waals surface area contributed by atoms with E-state index >= 15 is 0 Å². The van der Waals surface area contributed by atoms with Crippen LogP contribution in [0.1, 0.15) is 24.0 Å². The molecule has 4 rings (SSSR count). The van der Waals surface area contributed by atoms with Crippen molar-refractivity contribution in [2.75, 3.05) is 25.6 Å². The molecule has 1 saturated heterocycles. The van der Waals surface area contributed by atoms with E-state index in [4.69, 9.17) is 14.5 Å². The number of fused-ring (bicyclic) bond motifs is 1. The molecule has 1 spiro atoms. The van der Waals surface area contributed by atoms with Gasteiger partial charge in [-0.25, -0.2) is 4.99 Å². The predicted octanol–water partition coefficient (Wildman–Crippen LogP) is 3.63. The second-order valence-electron chi connectivity index (χ2n) is 6.85. The van der Waals surface area contributed by atoms with Gasteiger partial charge in [0.05, 0.1) is 23.5 Å². The van der Waals surface area contributed by atoms with Crippen molar-refractivity contribution in [1.82, 2.24) is 5.32 Å². The van der Waals surface area contributed by atoms with Crippen LogP contribution in [0.2, 0.25) is 0 Å². The number of para-hydroxylation sites is 2. The van der Waals surface area contributed by atoms with Gasteiger partial charge in [-0.05, 0) is 23.3 Å². The van der Waals surface area contributed by atoms with Crippen LogP contribution in [0.4, 0.5) is 11.4 Å². The molecule has 0 amide bonds. The Morgan fingerprint density at radius 3 is 2.62 bits per heavy atom. The SMILES string of the molecule is COCc1ccccc1CNC1=Nc2ccccc2NC12CCOCC2. The van der Waals surface area contributed by atoms with Gasteiger partial charge in [0.15, 0.2) is 0 Å². The van der Waals surface area contributed by atoms with Crippen molar-refractivity contribution >= 4 is 17.2 Å². The molecule has 0 unspecified atom stereocenters. The van der Waals surface area contributed by atoms with E-state index in [9.17, 15) is 0 Å². The Balaban J connectivity index is 1.61. The lowest BCUT2D eigenvalue weighted by Gasteiger charge is -2.42. The second kappa shape index (κ2) is 7.48. The Kier molecular flexibility index (Phi) is 4.91. The van der Waals surface area contributed by atoms with Gasteiger partial charge in [0.25, 0.3) is 0 Å². The van der Waals surface area contributed by atoms with Gasteiger partial charge in [0, 0.05) is 39.7 Å². The highest BCUT2D eigenvalue weighted by atomic mass is 16.5. The van der Waals surface area contributed by atoms with Crippen LogP contribution >= 0.6 is 0 Å². The maximum Gasteiger partial charge on any atom is 0.129 e. The van der Waals surface area contributed by atoms with Gasteiger partial charge in [-0.3, -0.25) is 0 Å². The number of aliphatic imine (C=N–C) groups is 1. The summed E-state index contributed by atoms with van der Waals surface area (Å²) in [5, 5.41) is 7.36. The average Bonchev–Trinajstić information content (AvgIpc) is 2.68. The summed E-state index contributed by atoms with van der Waals surface area (Å²) in [6.07, 6.45) is 1.82. The number of hydrogen-bond donors (Lipinski definition) is 2. The molecule has 26 heavy (non-hydrogen) atoms. The van der Waals surface area contributed by atoms with E-state index in [2.05, 4.69) is 41.0 Å². The van der Waals surface area contributed by atoms with Crippen molar-refractivity contribution in [2.24, 2.45) is 4.99 Å². The first-order valence-electron chi connectivity index (χ1n) is 9.14. The molecule has 1 fully saturated rings. The summed E-state index contributed by atoms with van der Waals surface area (Å²) in [6, 6.07) is 16.6. The summed E-state index contributed by atoms with van der Waals surface area (Å²) in [4.78, 5) is 4.97. The van der Waals surface area contributed by atoms with Gasteiger partial charge >= 0.3 is 0 Å². The molecule has 5 nitrogen and oxygen atoms in total. The molecular weight excluding hydrogens is 326 g/mol. The maximum atomic E-state index is 5.61. The minimum Gasteiger partial charge on any atom is -0.381 e. The van der Waals surface area contributed by atoms with Gasteiger partial charge in [-0.1, -0.05) is 36.4 Å². The van der Waals surface area contributed by atoms with Gasteiger partial charge in [0.1, 0.15) is 5.84 Å². The van der Waals surface area contributed by atoms with Gasteiger partial charge in [0.2, 0.25) is 0 Å². The number of hydrogen-bond acceptors (Lipinski definition) is 5. The highest BCUT2D eigenvalue weighted by Gasteiger charge is 2.40. The predicted molar refractivity (Wildman–Crippen MR) is 104 cm³/mol.